The first-order valence-electron chi connectivity index (χ1n) is 7.99. The largest absolute Gasteiger partial charge is 0.480 e. The Balaban J connectivity index is 1.80. The maximum atomic E-state index is 12.6. The minimum absolute atomic E-state index is 0.250. The number of hydrogen-bond acceptors (Lipinski definition) is 2. The number of carbonyl (C=O) groups is 1. The third-order valence-electron chi connectivity index (χ3n) is 3.87. The van der Waals surface area contributed by atoms with Gasteiger partial charge in [0.2, 0.25) is 0 Å². The van der Waals surface area contributed by atoms with Crippen LogP contribution in [0.3, 0.4) is 0 Å². The van der Waals surface area contributed by atoms with E-state index in [1.807, 2.05) is 49.4 Å². The van der Waals surface area contributed by atoms with E-state index in [9.17, 15) is 4.79 Å². The smallest absolute Gasteiger partial charge is 0.265 e. The number of amides is 1. The third-order valence-corrected chi connectivity index (χ3v) is 4.42. The van der Waals surface area contributed by atoms with Crippen molar-refractivity contribution in [3.8, 4) is 5.75 Å². The number of rotatable bonds is 5. The number of carbonyl (C=O) groups excluding carboxylic acids is 1. The lowest BCUT2D eigenvalue weighted by Gasteiger charge is -2.19. The molecule has 0 fully saturated rings. The van der Waals surface area contributed by atoms with Gasteiger partial charge in [0.25, 0.3) is 5.91 Å². The zero-order valence-electron chi connectivity index (χ0n) is 13.6. The van der Waals surface area contributed by atoms with Crippen LogP contribution in [-0.2, 0) is 4.79 Å². The molecule has 0 spiro atoms. The van der Waals surface area contributed by atoms with Gasteiger partial charge in [-0.05, 0) is 36.1 Å². The Morgan fingerprint density at radius 2 is 1.84 bits per heavy atom. The fraction of sp³-hybridized carbons (Fsp3) is 0.150. The van der Waals surface area contributed by atoms with Crippen LogP contribution in [-0.4, -0.2) is 12.0 Å². The first-order valence-corrected chi connectivity index (χ1v) is 8.74. The molecule has 0 aliphatic carbocycles. The topological polar surface area (TPSA) is 38.3 Å². The maximum absolute atomic E-state index is 12.6. The Morgan fingerprint density at radius 3 is 2.60 bits per heavy atom. The number of anilines is 1. The number of halogens is 2. The van der Waals surface area contributed by atoms with Crippen molar-refractivity contribution in [1.82, 2.24) is 0 Å². The quantitative estimate of drug-likeness (QED) is 0.600. The van der Waals surface area contributed by atoms with Crippen molar-refractivity contribution in [2.75, 3.05) is 5.32 Å². The molecule has 3 aromatic rings. The number of ether oxygens (including phenoxy) is 1. The van der Waals surface area contributed by atoms with Gasteiger partial charge in [0.05, 0.1) is 10.7 Å². The molecule has 0 aliphatic heterocycles. The highest BCUT2D eigenvalue weighted by Crippen LogP contribution is 2.28. The molecule has 1 N–H and O–H groups in total. The van der Waals surface area contributed by atoms with Crippen LogP contribution in [0.15, 0.2) is 60.7 Å². The molecule has 0 unspecified atom stereocenters. The Morgan fingerprint density at radius 1 is 1.08 bits per heavy atom. The second-order valence-electron chi connectivity index (χ2n) is 5.61. The van der Waals surface area contributed by atoms with Crippen LogP contribution in [0.5, 0.6) is 5.75 Å². The van der Waals surface area contributed by atoms with Gasteiger partial charge in [-0.25, -0.2) is 0 Å². The number of fused-ring (bicyclic) bond motifs is 1. The summed E-state index contributed by atoms with van der Waals surface area (Å²) in [5, 5.41) is 5.75. The van der Waals surface area contributed by atoms with Crippen LogP contribution in [0.4, 0.5) is 5.69 Å². The van der Waals surface area contributed by atoms with Gasteiger partial charge in [0.15, 0.2) is 6.10 Å². The minimum Gasteiger partial charge on any atom is -0.480 e. The van der Waals surface area contributed by atoms with Gasteiger partial charge in [0.1, 0.15) is 5.75 Å². The van der Waals surface area contributed by atoms with E-state index in [0.717, 1.165) is 10.8 Å². The average molecular weight is 374 g/mol. The number of nitrogens with one attached hydrogen (secondary N) is 1. The van der Waals surface area contributed by atoms with Crippen molar-refractivity contribution in [2.45, 2.75) is 19.4 Å². The fourth-order valence-electron chi connectivity index (χ4n) is 2.58. The highest BCUT2D eigenvalue weighted by atomic mass is 35.5. The minimum atomic E-state index is -0.627. The molecule has 5 heteroatoms. The highest BCUT2D eigenvalue weighted by molar-refractivity contribution is 6.36. The first-order chi connectivity index (χ1) is 12.1. The average Bonchev–Trinajstić information content (AvgIpc) is 2.62. The van der Waals surface area contributed by atoms with Gasteiger partial charge in [-0.1, -0.05) is 66.5 Å². The molecule has 3 aromatic carbocycles. The van der Waals surface area contributed by atoms with Crippen molar-refractivity contribution >= 4 is 45.6 Å². The Kier molecular flexibility index (Phi) is 5.47. The second kappa shape index (κ2) is 7.77. The summed E-state index contributed by atoms with van der Waals surface area (Å²) < 4.78 is 5.99. The van der Waals surface area contributed by atoms with Crippen LogP contribution in [0.1, 0.15) is 13.3 Å². The van der Waals surface area contributed by atoms with Gasteiger partial charge in [-0.15, -0.1) is 0 Å². The summed E-state index contributed by atoms with van der Waals surface area (Å²) in [6.07, 6.45) is -0.0992. The molecule has 0 saturated heterocycles. The van der Waals surface area contributed by atoms with E-state index in [4.69, 9.17) is 27.9 Å². The zero-order valence-corrected chi connectivity index (χ0v) is 15.1. The number of hydrogen-bond donors (Lipinski definition) is 1. The van der Waals surface area contributed by atoms with E-state index >= 15 is 0 Å². The number of benzene rings is 3. The first kappa shape index (κ1) is 17.6. The van der Waals surface area contributed by atoms with Crippen molar-refractivity contribution in [2.24, 2.45) is 0 Å². The SMILES string of the molecule is CC[C@H](Oc1cccc2ccccc12)C(=O)Nc1ccc(Cl)cc1Cl. The van der Waals surface area contributed by atoms with Crippen LogP contribution < -0.4 is 10.1 Å². The lowest BCUT2D eigenvalue weighted by atomic mass is 10.1. The summed E-state index contributed by atoms with van der Waals surface area (Å²) in [6.45, 7) is 1.90. The van der Waals surface area contributed by atoms with Crippen molar-refractivity contribution in [3.05, 3.63) is 70.7 Å². The summed E-state index contributed by atoms with van der Waals surface area (Å²) in [5.74, 6) is 0.432. The van der Waals surface area contributed by atoms with Gasteiger partial charge >= 0.3 is 0 Å². The van der Waals surface area contributed by atoms with Gasteiger partial charge < -0.3 is 10.1 Å². The van der Waals surface area contributed by atoms with Crippen LogP contribution in [0.2, 0.25) is 10.0 Å². The monoisotopic (exact) mass is 373 g/mol. The molecule has 1 atom stereocenters. The highest BCUT2D eigenvalue weighted by Gasteiger charge is 2.20. The van der Waals surface area contributed by atoms with E-state index in [1.54, 1.807) is 18.2 Å². The molecule has 3 rings (SSSR count). The molecule has 0 bridgehead atoms. The predicted molar refractivity (Wildman–Crippen MR) is 104 cm³/mol. The molecule has 0 aromatic heterocycles. The molecule has 0 aliphatic rings. The molecule has 128 valence electrons. The predicted octanol–water partition coefficient (Wildman–Crippen LogP) is 5.94. The Bertz CT molecular complexity index is 906. The molecule has 0 radical (unpaired) electrons. The van der Waals surface area contributed by atoms with Crippen molar-refractivity contribution in [1.29, 1.82) is 0 Å². The molecular weight excluding hydrogens is 357 g/mol. The normalized spacial score (nSPS) is 12.0. The van der Waals surface area contributed by atoms with E-state index < -0.39 is 6.10 Å². The molecule has 25 heavy (non-hydrogen) atoms. The standard InChI is InChI=1S/C20H17Cl2NO2/c1-2-18(20(24)23-17-11-10-14(21)12-16(17)22)25-19-9-5-7-13-6-3-4-8-15(13)19/h3-12,18H,2H2,1H3,(H,23,24)/t18-/m0/s1. The fourth-order valence-corrected chi connectivity index (χ4v) is 3.03. The summed E-state index contributed by atoms with van der Waals surface area (Å²) in [4.78, 5) is 12.6. The molecule has 3 nitrogen and oxygen atoms in total. The second-order valence-corrected chi connectivity index (χ2v) is 6.45. The molecule has 1 amide bonds. The summed E-state index contributed by atoms with van der Waals surface area (Å²) >= 11 is 12.0. The lowest BCUT2D eigenvalue weighted by Crippen LogP contribution is -2.32. The summed E-state index contributed by atoms with van der Waals surface area (Å²) in [5.41, 5.74) is 0.510. The molecule has 0 heterocycles. The van der Waals surface area contributed by atoms with Crippen molar-refractivity contribution < 1.29 is 9.53 Å². The van der Waals surface area contributed by atoms with Crippen LogP contribution in [0.25, 0.3) is 10.8 Å². The Hall–Kier alpha value is -2.23. The van der Waals surface area contributed by atoms with E-state index in [2.05, 4.69) is 5.32 Å². The molecule has 0 saturated carbocycles. The van der Waals surface area contributed by atoms with E-state index in [-0.39, 0.29) is 5.91 Å². The Labute approximate surface area is 156 Å². The van der Waals surface area contributed by atoms with E-state index in [0.29, 0.717) is 27.9 Å². The summed E-state index contributed by atoms with van der Waals surface area (Å²) in [6, 6.07) is 18.6. The van der Waals surface area contributed by atoms with Gasteiger partial charge in [0, 0.05) is 10.4 Å². The lowest BCUT2D eigenvalue weighted by molar-refractivity contribution is -0.122. The van der Waals surface area contributed by atoms with Gasteiger partial charge in [-0.2, -0.15) is 0 Å². The molecular formula is C20H17Cl2NO2. The van der Waals surface area contributed by atoms with Crippen LogP contribution >= 0.6 is 23.2 Å². The summed E-state index contributed by atoms with van der Waals surface area (Å²) in [7, 11) is 0. The van der Waals surface area contributed by atoms with Gasteiger partial charge in [-0.3, -0.25) is 4.79 Å². The van der Waals surface area contributed by atoms with Crippen molar-refractivity contribution in [3.63, 3.8) is 0 Å². The van der Waals surface area contributed by atoms with Crippen LogP contribution in [0, 0.1) is 0 Å². The maximum Gasteiger partial charge on any atom is 0.265 e. The van der Waals surface area contributed by atoms with E-state index in [1.165, 1.54) is 0 Å². The zero-order chi connectivity index (χ0) is 17.8. The third kappa shape index (κ3) is 4.06.